The van der Waals surface area contributed by atoms with Gasteiger partial charge in [0.05, 0.1) is 9.26 Å². The number of aromatic nitrogens is 2. The third-order valence-electron chi connectivity index (χ3n) is 3.99. The van der Waals surface area contributed by atoms with E-state index < -0.39 is 0 Å². The van der Waals surface area contributed by atoms with Gasteiger partial charge in [0.15, 0.2) is 0 Å². The predicted octanol–water partition coefficient (Wildman–Crippen LogP) is 3.98. The number of aryl methyl sites for hydroxylation is 1. The van der Waals surface area contributed by atoms with Crippen LogP contribution in [0, 0.1) is 9.49 Å². The molecule has 3 nitrogen and oxygen atoms in total. The first-order chi connectivity index (χ1) is 8.69. The van der Waals surface area contributed by atoms with Crippen molar-refractivity contribution in [2.75, 3.05) is 12.4 Å². The number of halogens is 1. The minimum atomic E-state index is 0.573. The third kappa shape index (κ3) is 2.78. The number of nitrogens with zero attached hydrogens (tertiary/aromatic N) is 2. The molecule has 0 saturated heterocycles. The average Bonchev–Trinajstić information content (AvgIpc) is 2.88. The summed E-state index contributed by atoms with van der Waals surface area (Å²) in [6, 6.07) is 0. The standard InChI is InChI=1S/C14H22IN3/c1-4-9-6-7-10(8-9)13-17-11(5-2)12(15)14(16-3)18-13/h9-10H,4-8H2,1-3H3,(H,16,17,18). The fourth-order valence-corrected chi connectivity index (χ4v) is 3.67. The SMILES string of the molecule is CCc1nc(C2CCC(CC)C2)nc(NC)c1I. The molecule has 100 valence electrons. The van der Waals surface area contributed by atoms with E-state index in [9.17, 15) is 0 Å². The van der Waals surface area contributed by atoms with Crippen LogP contribution < -0.4 is 5.32 Å². The Hall–Kier alpha value is -0.390. The maximum atomic E-state index is 4.79. The van der Waals surface area contributed by atoms with Crippen molar-refractivity contribution in [3.63, 3.8) is 0 Å². The lowest BCUT2D eigenvalue weighted by molar-refractivity contribution is 0.516. The van der Waals surface area contributed by atoms with E-state index in [2.05, 4.69) is 41.8 Å². The van der Waals surface area contributed by atoms with Gasteiger partial charge in [-0.3, -0.25) is 0 Å². The van der Waals surface area contributed by atoms with Crippen LogP contribution in [0.4, 0.5) is 5.82 Å². The van der Waals surface area contributed by atoms with Crippen LogP contribution in [0.5, 0.6) is 0 Å². The number of anilines is 1. The highest BCUT2D eigenvalue weighted by Crippen LogP contribution is 2.39. The summed E-state index contributed by atoms with van der Waals surface area (Å²) in [7, 11) is 1.94. The van der Waals surface area contributed by atoms with E-state index in [-0.39, 0.29) is 0 Å². The maximum Gasteiger partial charge on any atom is 0.143 e. The normalized spacial score (nSPS) is 23.3. The van der Waals surface area contributed by atoms with Crippen LogP contribution in [-0.4, -0.2) is 17.0 Å². The van der Waals surface area contributed by atoms with Gasteiger partial charge in [0, 0.05) is 13.0 Å². The minimum Gasteiger partial charge on any atom is -0.372 e. The van der Waals surface area contributed by atoms with Crippen LogP contribution in [0.25, 0.3) is 0 Å². The molecule has 1 aromatic rings. The van der Waals surface area contributed by atoms with Crippen LogP contribution in [0.15, 0.2) is 0 Å². The van der Waals surface area contributed by atoms with E-state index in [4.69, 9.17) is 9.97 Å². The zero-order chi connectivity index (χ0) is 13.1. The molecule has 4 heteroatoms. The fourth-order valence-electron chi connectivity index (χ4n) is 2.78. The molecule has 0 radical (unpaired) electrons. The van der Waals surface area contributed by atoms with Crippen molar-refractivity contribution in [1.82, 2.24) is 9.97 Å². The Morgan fingerprint density at radius 1 is 1.28 bits per heavy atom. The molecule has 18 heavy (non-hydrogen) atoms. The highest BCUT2D eigenvalue weighted by molar-refractivity contribution is 14.1. The van der Waals surface area contributed by atoms with Crippen molar-refractivity contribution >= 4 is 28.4 Å². The summed E-state index contributed by atoms with van der Waals surface area (Å²) in [5, 5.41) is 3.20. The Bertz CT molecular complexity index is 394. The van der Waals surface area contributed by atoms with E-state index in [1.807, 2.05) is 7.05 Å². The molecular weight excluding hydrogens is 337 g/mol. The highest BCUT2D eigenvalue weighted by Gasteiger charge is 2.27. The molecule has 0 spiro atoms. The lowest BCUT2D eigenvalue weighted by atomic mass is 10.0. The maximum absolute atomic E-state index is 4.79. The second-order valence-electron chi connectivity index (χ2n) is 5.08. The van der Waals surface area contributed by atoms with Crippen molar-refractivity contribution in [2.45, 2.75) is 51.9 Å². The monoisotopic (exact) mass is 359 g/mol. The molecule has 2 unspecified atom stereocenters. The van der Waals surface area contributed by atoms with Gasteiger partial charge in [-0.25, -0.2) is 9.97 Å². The minimum absolute atomic E-state index is 0.573. The summed E-state index contributed by atoms with van der Waals surface area (Å²) in [5.74, 6) is 3.51. The second kappa shape index (κ2) is 6.17. The summed E-state index contributed by atoms with van der Waals surface area (Å²) in [6.07, 6.45) is 6.13. The Morgan fingerprint density at radius 2 is 2.06 bits per heavy atom. The lowest BCUT2D eigenvalue weighted by Crippen LogP contribution is -2.09. The quantitative estimate of drug-likeness (QED) is 0.827. The Balaban J connectivity index is 2.28. The molecule has 2 atom stereocenters. The molecule has 1 aromatic heterocycles. The number of nitrogens with one attached hydrogen (secondary N) is 1. The van der Waals surface area contributed by atoms with E-state index in [0.717, 1.165) is 24.0 Å². The van der Waals surface area contributed by atoms with Gasteiger partial charge < -0.3 is 5.32 Å². The first-order valence-corrected chi connectivity index (χ1v) is 8.01. The van der Waals surface area contributed by atoms with Crippen LogP contribution in [0.1, 0.15) is 57.0 Å². The third-order valence-corrected chi connectivity index (χ3v) is 5.13. The predicted molar refractivity (Wildman–Crippen MR) is 84.0 cm³/mol. The molecule has 1 aliphatic rings. The number of hydrogen-bond acceptors (Lipinski definition) is 3. The molecule has 1 aliphatic carbocycles. The summed E-state index contributed by atoms with van der Waals surface area (Å²) < 4.78 is 1.17. The van der Waals surface area contributed by atoms with Crippen LogP contribution >= 0.6 is 22.6 Å². The first kappa shape index (κ1) is 14.0. The van der Waals surface area contributed by atoms with Crippen LogP contribution in [0.2, 0.25) is 0 Å². The number of rotatable bonds is 4. The summed E-state index contributed by atoms with van der Waals surface area (Å²) in [4.78, 5) is 9.51. The van der Waals surface area contributed by atoms with Crippen molar-refractivity contribution in [3.8, 4) is 0 Å². The van der Waals surface area contributed by atoms with E-state index in [1.54, 1.807) is 0 Å². The smallest absolute Gasteiger partial charge is 0.143 e. The van der Waals surface area contributed by atoms with Crippen molar-refractivity contribution in [1.29, 1.82) is 0 Å². The molecule has 0 aromatic carbocycles. The fraction of sp³-hybridized carbons (Fsp3) is 0.714. The average molecular weight is 359 g/mol. The van der Waals surface area contributed by atoms with Gasteiger partial charge in [0.2, 0.25) is 0 Å². The van der Waals surface area contributed by atoms with Crippen LogP contribution in [0.3, 0.4) is 0 Å². The van der Waals surface area contributed by atoms with E-state index in [1.165, 1.54) is 34.9 Å². The first-order valence-electron chi connectivity index (χ1n) is 6.93. The molecular formula is C14H22IN3. The Labute approximate surface area is 123 Å². The van der Waals surface area contributed by atoms with Crippen LogP contribution in [-0.2, 0) is 6.42 Å². The largest absolute Gasteiger partial charge is 0.372 e. The highest BCUT2D eigenvalue weighted by atomic mass is 127. The van der Waals surface area contributed by atoms with Gasteiger partial charge >= 0.3 is 0 Å². The number of hydrogen-bond donors (Lipinski definition) is 1. The molecule has 1 heterocycles. The molecule has 2 rings (SSSR count). The summed E-state index contributed by atoms with van der Waals surface area (Å²) in [6.45, 7) is 4.45. The Morgan fingerprint density at radius 3 is 2.61 bits per heavy atom. The second-order valence-corrected chi connectivity index (χ2v) is 6.16. The molecule has 0 aliphatic heterocycles. The van der Waals surface area contributed by atoms with Gasteiger partial charge in [-0.05, 0) is 54.2 Å². The summed E-state index contributed by atoms with van der Waals surface area (Å²) >= 11 is 2.34. The van der Waals surface area contributed by atoms with E-state index in [0.29, 0.717) is 5.92 Å². The van der Waals surface area contributed by atoms with Gasteiger partial charge in [0.25, 0.3) is 0 Å². The van der Waals surface area contributed by atoms with Crippen molar-refractivity contribution in [2.24, 2.45) is 5.92 Å². The van der Waals surface area contributed by atoms with Gasteiger partial charge in [-0.15, -0.1) is 0 Å². The van der Waals surface area contributed by atoms with Gasteiger partial charge in [-0.1, -0.05) is 20.3 Å². The van der Waals surface area contributed by atoms with Crippen molar-refractivity contribution in [3.05, 3.63) is 15.1 Å². The van der Waals surface area contributed by atoms with Gasteiger partial charge in [-0.2, -0.15) is 0 Å². The summed E-state index contributed by atoms with van der Waals surface area (Å²) in [5.41, 5.74) is 1.19. The van der Waals surface area contributed by atoms with E-state index >= 15 is 0 Å². The topological polar surface area (TPSA) is 37.8 Å². The lowest BCUT2D eigenvalue weighted by Gasteiger charge is -2.14. The zero-order valence-electron chi connectivity index (χ0n) is 11.5. The molecule has 1 fully saturated rings. The molecule has 0 amide bonds. The molecule has 1 N–H and O–H groups in total. The van der Waals surface area contributed by atoms with Crippen molar-refractivity contribution < 1.29 is 0 Å². The Kier molecular flexibility index (Phi) is 4.81. The van der Waals surface area contributed by atoms with Gasteiger partial charge in [0.1, 0.15) is 11.6 Å². The molecule has 1 saturated carbocycles. The molecule has 0 bridgehead atoms. The zero-order valence-corrected chi connectivity index (χ0v) is 13.6.